The third-order valence-electron chi connectivity index (χ3n) is 2.06. The monoisotopic (exact) mass is 200 g/mol. The lowest BCUT2D eigenvalue weighted by Crippen LogP contribution is -2.46. The number of thioether (sulfide) groups is 1. The molecule has 1 heterocycles. The highest BCUT2D eigenvalue weighted by atomic mass is 32.2. The summed E-state index contributed by atoms with van der Waals surface area (Å²) < 4.78 is 0. The van der Waals surface area contributed by atoms with Crippen molar-refractivity contribution in [3.63, 3.8) is 0 Å². The minimum absolute atomic E-state index is 0.0696. The summed E-state index contributed by atoms with van der Waals surface area (Å²) in [6.45, 7) is 5.26. The van der Waals surface area contributed by atoms with Crippen LogP contribution in [-0.2, 0) is 4.79 Å². The number of hydrogen-bond acceptors (Lipinski definition) is 3. The van der Waals surface area contributed by atoms with Crippen LogP contribution in [0.4, 0.5) is 0 Å². The molecule has 1 aliphatic rings. The standard InChI is InChI=1S/C9H16N2OS/c1-2-3-8(10)9(12)11-4-6-13-7-5-11/h2,8H,1,3-7,10H2. The largest absolute Gasteiger partial charge is 0.340 e. The smallest absolute Gasteiger partial charge is 0.239 e. The molecule has 13 heavy (non-hydrogen) atoms. The van der Waals surface area contributed by atoms with Crippen molar-refractivity contribution in [2.24, 2.45) is 5.73 Å². The number of carbonyl (C=O) groups is 1. The maximum Gasteiger partial charge on any atom is 0.239 e. The van der Waals surface area contributed by atoms with Gasteiger partial charge in [-0.05, 0) is 6.42 Å². The van der Waals surface area contributed by atoms with Gasteiger partial charge in [-0.3, -0.25) is 4.79 Å². The molecule has 1 saturated heterocycles. The molecule has 0 aromatic rings. The van der Waals surface area contributed by atoms with Gasteiger partial charge in [0.25, 0.3) is 0 Å². The molecule has 1 rings (SSSR count). The van der Waals surface area contributed by atoms with Crippen LogP contribution in [0.15, 0.2) is 12.7 Å². The number of rotatable bonds is 3. The fourth-order valence-corrected chi connectivity index (χ4v) is 2.20. The Kier molecular flexibility index (Phi) is 4.32. The van der Waals surface area contributed by atoms with Gasteiger partial charge in [0, 0.05) is 24.6 Å². The van der Waals surface area contributed by atoms with E-state index in [2.05, 4.69) is 6.58 Å². The Hall–Kier alpha value is -0.480. The van der Waals surface area contributed by atoms with E-state index in [4.69, 9.17) is 5.73 Å². The van der Waals surface area contributed by atoms with Crippen molar-refractivity contribution >= 4 is 17.7 Å². The molecule has 2 N–H and O–H groups in total. The first-order valence-electron chi connectivity index (χ1n) is 4.48. The van der Waals surface area contributed by atoms with Crippen LogP contribution in [-0.4, -0.2) is 41.4 Å². The fraction of sp³-hybridized carbons (Fsp3) is 0.667. The van der Waals surface area contributed by atoms with E-state index in [-0.39, 0.29) is 11.9 Å². The summed E-state index contributed by atoms with van der Waals surface area (Å²) in [5.74, 6) is 2.14. The minimum atomic E-state index is -0.388. The predicted molar refractivity (Wildman–Crippen MR) is 56.7 cm³/mol. The average Bonchev–Trinajstić information content (AvgIpc) is 2.18. The molecule has 0 saturated carbocycles. The Morgan fingerprint density at radius 2 is 2.23 bits per heavy atom. The van der Waals surface area contributed by atoms with Gasteiger partial charge in [-0.25, -0.2) is 0 Å². The normalized spacial score (nSPS) is 19.6. The molecular weight excluding hydrogens is 184 g/mol. The molecule has 0 spiro atoms. The zero-order valence-electron chi connectivity index (χ0n) is 7.74. The number of nitrogens with zero attached hydrogens (tertiary/aromatic N) is 1. The van der Waals surface area contributed by atoms with Crippen LogP contribution in [0, 0.1) is 0 Å². The quantitative estimate of drug-likeness (QED) is 0.673. The topological polar surface area (TPSA) is 46.3 Å². The van der Waals surface area contributed by atoms with Gasteiger partial charge in [-0.2, -0.15) is 11.8 Å². The van der Waals surface area contributed by atoms with Crippen LogP contribution in [0.3, 0.4) is 0 Å². The van der Waals surface area contributed by atoms with E-state index in [1.54, 1.807) is 6.08 Å². The van der Waals surface area contributed by atoms with Crippen LogP contribution in [0.5, 0.6) is 0 Å². The van der Waals surface area contributed by atoms with Crippen LogP contribution < -0.4 is 5.73 Å². The summed E-state index contributed by atoms with van der Waals surface area (Å²) in [5.41, 5.74) is 5.69. The van der Waals surface area contributed by atoms with E-state index >= 15 is 0 Å². The maximum atomic E-state index is 11.6. The van der Waals surface area contributed by atoms with Crippen LogP contribution in [0.25, 0.3) is 0 Å². The molecule has 0 bridgehead atoms. The van der Waals surface area contributed by atoms with Crippen LogP contribution in [0.2, 0.25) is 0 Å². The van der Waals surface area contributed by atoms with Crippen LogP contribution in [0.1, 0.15) is 6.42 Å². The Bertz CT molecular complexity index is 190. The van der Waals surface area contributed by atoms with Crippen molar-refractivity contribution in [2.45, 2.75) is 12.5 Å². The molecule has 1 aliphatic heterocycles. The van der Waals surface area contributed by atoms with Gasteiger partial charge in [0.1, 0.15) is 0 Å². The summed E-state index contributed by atoms with van der Waals surface area (Å²) in [7, 11) is 0. The number of amides is 1. The van der Waals surface area contributed by atoms with Gasteiger partial charge in [-0.1, -0.05) is 6.08 Å². The van der Waals surface area contributed by atoms with Crippen LogP contribution >= 0.6 is 11.8 Å². The minimum Gasteiger partial charge on any atom is -0.340 e. The Morgan fingerprint density at radius 3 is 2.77 bits per heavy atom. The first kappa shape index (κ1) is 10.6. The first-order valence-corrected chi connectivity index (χ1v) is 5.64. The molecule has 1 fully saturated rings. The molecule has 0 aliphatic carbocycles. The predicted octanol–water partition coefficient (Wildman–Crippen LogP) is 0.465. The van der Waals surface area contributed by atoms with E-state index in [0.717, 1.165) is 24.6 Å². The second kappa shape index (κ2) is 5.29. The molecule has 1 amide bonds. The van der Waals surface area contributed by atoms with Gasteiger partial charge >= 0.3 is 0 Å². The second-order valence-electron chi connectivity index (χ2n) is 3.07. The zero-order valence-corrected chi connectivity index (χ0v) is 8.55. The Morgan fingerprint density at radius 1 is 1.62 bits per heavy atom. The fourth-order valence-electron chi connectivity index (χ4n) is 1.30. The van der Waals surface area contributed by atoms with Crippen molar-refractivity contribution < 1.29 is 4.79 Å². The van der Waals surface area contributed by atoms with Gasteiger partial charge in [0.05, 0.1) is 6.04 Å². The molecular formula is C9H16N2OS. The summed E-state index contributed by atoms with van der Waals surface area (Å²) in [6, 6.07) is -0.388. The highest BCUT2D eigenvalue weighted by Crippen LogP contribution is 2.10. The average molecular weight is 200 g/mol. The van der Waals surface area contributed by atoms with Crippen molar-refractivity contribution in [3.8, 4) is 0 Å². The second-order valence-corrected chi connectivity index (χ2v) is 4.29. The summed E-state index contributed by atoms with van der Waals surface area (Å²) in [5, 5.41) is 0. The first-order chi connectivity index (χ1) is 6.25. The number of carbonyl (C=O) groups excluding carboxylic acids is 1. The van der Waals surface area contributed by atoms with E-state index in [0.29, 0.717) is 6.42 Å². The van der Waals surface area contributed by atoms with Gasteiger partial charge < -0.3 is 10.6 Å². The van der Waals surface area contributed by atoms with Gasteiger partial charge in [0.15, 0.2) is 0 Å². The summed E-state index contributed by atoms with van der Waals surface area (Å²) >= 11 is 1.89. The molecule has 0 aromatic heterocycles. The maximum absolute atomic E-state index is 11.6. The van der Waals surface area contributed by atoms with Crippen molar-refractivity contribution in [3.05, 3.63) is 12.7 Å². The van der Waals surface area contributed by atoms with E-state index < -0.39 is 0 Å². The van der Waals surface area contributed by atoms with Gasteiger partial charge in [-0.15, -0.1) is 6.58 Å². The lowest BCUT2D eigenvalue weighted by molar-refractivity contribution is -0.132. The Balaban J connectivity index is 2.40. The lowest BCUT2D eigenvalue weighted by Gasteiger charge is -2.28. The molecule has 3 nitrogen and oxygen atoms in total. The molecule has 1 unspecified atom stereocenters. The van der Waals surface area contributed by atoms with E-state index in [1.807, 2.05) is 16.7 Å². The van der Waals surface area contributed by atoms with Crippen molar-refractivity contribution in [1.29, 1.82) is 0 Å². The zero-order chi connectivity index (χ0) is 9.68. The van der Waals surface area contributed by atoms with Crippen molar-refractivity contribution in [1.82, 2.24) is 4.90 Å². The molecule has 0 radical (unpaired) electrons. The number of hydrogen-bond donors (Lipinski definition) is 1. The third-order valence-corrected chi connectivity index (χ3v) is 3.00. The molecule has 1 atom stereocenters. The van der Waals surface area contributed by atoms with Gasteiger partial charge in [0.2, 0.25) is 5.91 Å². The molecule has 74 valence electrons. The third kappa shape index (κ3) is 3.04. The molecule has 0 aromatic carbocycles. The number of nitrogens with two attached hydrogens (primary N) is 1. The highest BCUT2D eigenvalue weighted by molar-refractivity contribution is 7.99. The lowest BCUT2D eigenvalue weighted by atomic mass is 10.2. The van der Waals surface area contributed by atoms with E-state index in [9.17, 15) is 4.79 Å². The van der Waals surface area contributed by atoms with Crippen molar-refractivity contribution in [2.75, 3.05) is 24.6 Å². The molecule has 4 heteroatoms. The highest BCUT2D eigenvalue weighted by Gasteiger charge is 2.21. The summed E-state index contributed by atoms with van der Waals surface area (Å²) in [6.07, 6.45) is 2.27. The Labute approximate surface area is 83.3 Å². The summed E-state index contributed by atoms with van der Waals surface area (Å²) in [4.78, 5) is 13.5. The van der Waals surface area contributed by atoms with E-state index in [1.165, 1.54) is 0 Å². The SMILES string of the molecule is C=CCC(N)C(=O)N1CCSCC1.